The number of imidazole rings is 1. The molecule has 0 aliphatic carbocycles. The summed E-state index contributed by atoms with van der Waals surface area (Å²) in [6.07, 6.45) is 4.25. The maximum atomic E-state index is 13.3. The van der Waals surface area contributed by atoms with Crippen molar-refractivity contribution in [2.45, 2.75) is 24.5 Å². The van der Waals surface area contributed by atoms with Gasteiger partial charge >= 0.3 is 0 Å². The van der Waals surface area contributed by atoms with Gasteiger partial charge in [0.1, 0.15) is 11.9 Å². The van der Waals surface area contributed by atoms with Crippen LogP contribution < -0.4 is 4.72 Å². The highest BCUT2D eigenvalue weighted by molar-refractivity contribution is 7.92. The fraction of sp³-hybridized carbons (Fsp3) is 0.154. The first kappa shape index (κ1) is 24.6. The normalized spacial score (nSPS) is 11.9. The van der Waals surface area contributed by atoms with Gasteiger partial charge in [-0.15, -0.1) is 0 Å². The first-order valence-corrected chi connectivity index (χ1v) is 12.4. The van der Waals surface area contributed by atoms with Gasteiger partial charge in [0.25, 0.3) is 10.0 Å². The molecule has 0 aliphatic heterocycles. The number of aromatic nitrogens is 3. The van der Waals surface area contributed by atoms with E-state index < -0.39 is 16.1 Å². The number of ether oxygens (including phenoxy) is 1. The van der Waals surface area contributed by atoms with Crippen molar-refractivity contribution < 1.29 is 13.2 Å². The topological polar surface area (TPSA) is 134 Å². The number of nitriles is 2. The number of anilines is 1. The summed E-state index contributed by atoms with van der Waals surface area (Å²) < 4.78 is 37.2. The van der Waals surface area contributed by atoms with Gasteiger partial charge in [-0.25, -0.2) is 18.4 Å². The Morgan fingerprint density at radius 1 is 1.06 bits per heavy atom. The van der Waals surface area contributed by atoms with Gasteiger partial charge in [0.05, 0.1) is 53.0 Å². The number of pyridine rings is 1. The second kappa shape index (κ2) is 10.4. The third-order valence-electron chi connectivity index (χ3n) is 5.51. The summed E-state index contributed by atoms with van der Waals surface area (Å²) in [6.45, 7) is 1.76. The Labute approximate surface area is 209 Å². The lowest BCUT2D eigenvalue weighted by Gasteiger charge is -2.20. The molecule has 0 spiro atoms. The smallest absolute Gasteiger partial charge is 0.263 e. The quantitative estimate of drug-likeness (QED) is 0.388. The number of hydrogen-bond donors (Lipinski definition) is 1. The molecule has 10 heteroatoms. The number of rotatable bonds is 8. The van der Waals surface area contributed by atoms with Gasteiger partial charge in [0, 0.05) is 13.2 Å². The van der Waals surface area contributed by atoms with Gasteiger partial charge in [-0.2, -0.15) is 10.5 Å². The molecule has 1 N–H and O–H groups in total. The second-order valence-corrected chi connectivity index (χ2v) is 9.76. The summed E-state index contributed by atoms with van der Waals surface area (Å²) in [6, 6.07) is 18.8. The van der Waals surface area contributed by atoms with Crippen molar-refractivity contribution in [1.29, 1.82) is 10.5 Å². The Morgan fingerprint density at radius 3 is 2.42 bits per heavy atom. The molecule has 1 unspecified atom stereocenters. The Balaban J connectivity index is 1.68. The summed E-state index contributed by atoms with van der Waals surface area (Å²) in [5.41, 5.74) is 3.46. The number of sulfonamides is 1. The minimum atomic E-state index is -4.07. The van der Waals surface area contributed by atoms with Crippen LogP contribution in [-0.2, 0) is 28.4 Å². The van der Waals surface area contributed by atoms with Gasteiger partial charge in [0.2, 0.25) is 0 Å². The van der Waals surface area contributed by atoms with E-state index in [1.165, 1.54) is 12.3 Å². The van der Waals surface area contributed by atoms with Crippen molar-refractivity contribution in [2.75, 3.05) is 4.72 Å². The van der Waals surface area contributed by atoms with Crippen LogP contribution in [0.1, 0.15) is 39.6 Å². The van der Waals surface area contributed by atoms with E-state index in [0.717, 1.165) is 16.8 Å². The first-order chi connectivity index (χ1) is 17.3. The Hall–Kier alpha value is -4.51. The van der Waals surface area contributed by atoms with Gasteiger partial charge in [0.15, 0.2) is 0 Å². The number of nitrogens with one attached hydrogen (secondary N) is 1. The van der Waals surface area contributed by atoms with Crippen LogP contribution in [0, 0.1) is 29.6 Å². The van der Waals surface area contributed by atoms with Crippen molar-refractivity contribution in [3.8, 4) is 12.1 Å². The molecule has 0 bridgehead atoms. The lowest BCUT2D eigenvalue weighted by atomic mass is 10.0. The molecule has 0 aliphatic rings. The van der Waals surface area contributed by atoms with E-state index in [4.69, 9.17) is 10.00 Å². The lowest BCUT2D eigenvalue weighted by Crippen LogP contribution is -2.17. The molecule has 4 rings (SSSR count). The Morgan fingerprint density at radius 2 is 1.78 bits per heavy atom. The first-order valence-electron chi connectivity index (χ1n) is 10.9. The van der Waals surface area contributed by atoms with Gasteiger partial charge < -0.3 is 9.30 Å². The van der Waals surface area contributed by atoms with Crippen LogP contribution in [0.4, 0.5) is 5.82 Å². The Kier molecular flexibility index (Phi) is 7.11. The van der Waals surface area contributed by atoms with Crippen molar-refractivity contribution in [1.82, 2.24) is 14.5 Å². The molecular weight excluding hydrogens is 476 g/mol. The monoisotopic (exact) mass is 498 g/mol. The molecule has 0 amide bonds. The molecule has 2 heterocycles. The van der Waals surface area contributed by atoms with Crippen molar-refractivity contribution in [3.63, 3.8) is 0 Å². The maximum Gasteiger partial charge on any atom is 0.263 e. The van der Waals surface area contributed by atoms with Crippen LogP contribution in [0.2, 0.25) is 0 Å². The number of aryl methyl sites for hydroxylation is 2. The third-order valence-corrected chi connectivity index (χ3v) is 6.95. The molecule has 0 saturated heterocycles. The zero-order chi connectivity index (χ0) is 25.7. The fourth-order valence-corrected chi connectivity index (χ4v) is 4.91. The van der Waals surface area contributed by atoms with E-state index in [-0.39, 0.29) is 22.9 Å². The number of hydrogen-bond acceptors (Lipinski definition) is 7. The van der Waals surface area contributed by atoms with Crippen molar-refractivity contribution in [3.05, 3.63) is 107 Å². The van der Waals surface area contributed by atoms with Crippen LogP contribution in [0.25, 0.3) is 0 Å². The van der Waals surface area contributed by atoms with Crippen LogP contribution >= 0.6 is 0 Å². The zero-order valence-electron chi connectivity index (χ0n) is 19.6. The molecule has 36 heavy (non-hydrogen) atoms. The largest absolute Gasteiger partial charge is 0.362 e. The predicted molar refractivity (Wildman–Crippen MR) is 132 cm³/mol. The van der Waals surface area contributed by atoms with Crippen molar-refractivity contribution in [2.24, 2.45) is 7.05 Å². The van der Waals surface area contributed by atoms with Gasteiger partial charge in [-0.3, -0.25) is 4.72 Å². The average Bonchev–Trinajstić information content (AvgIpc) is 3.29. The lowest BCUT2D eigenvalue weighted by molar-refractivity contribution is 0.0608. The van der Waals surface area contributed by atoms with Crippen LogP contribution in [0.5, 0.6) is 0 Å². The summed E-state index contributed by atoms with van der Waals surface area (Å²) in [7, 11) is -2.24. The third kappa shape index (κ3) is 5.41. The molecule has 4 aromatic rings. The minimum absolute atomic E-state index is 0.0704. The van der Waals surface area contributed by atoms with E-state index in [1.807, 2.05) is 24.6 Å². The fourth-order valence-electron chi connectivity index (χ4n) is 3.66. The van der Waals surface area contributed by atoms with Crippen LogP contribution in [-0.4, -0.2) is 23.0 Å². The molecular formula is C26H22N6O3S. The molecule has 0 saturated carbocycles. The summed E-state index contributed by atoms with van der Waals surface area (Å²) >= 11 is 0. The predicted octanol–water partition coefficient (Wildman–Crippen LogP) is 3.97. The van der Waals surface area contributed by atoms with E-state index >= 15 is 0 Å². The van der Waals surface area contributed by atoms with E-state index in [2.05, 4.69) is 20.8 Å². The highest BCUT2D eigenvalue weighted by Crippen LogP contribution is 2.29. The molecule has 0 radical (unpaired) electrons. The molecule has 9 nitrogen and oxygen atoms in total. The summed E-state index contributed by atoms with van der Waals surface area (Å²) in [4.78, 5) is 8.17. The van der Waals surface area contributed by atoms with Gasteiger partial charge in [-0.05, 0) is 60.0 Å². The number of benzene rings is 2. The summed E-state index contributed by atoms with van der Waals surface area (Å²) in [5.74, 6) is 0.176. The molecule has 2 aromatic carbocycles. The standard InChI is InChI=1S/C26H22N6O3S/c1-18-9-10-30-25(11-18)31-36(33,34)24-12-20(14-28)5-8-22(24)16-35-26(23-15-29-17-32(23)2)21-6-3-19(13-27)4-7-21/h3-12,15,17,26H,16H2,1-2H3,(H,30,31). The zero-order valence-corrected chi connectivity index (χ0v) is 20.4. The second-order valence-electron chi connectivity index (χ2n) is 8.11. The van der Waals surface area contributed by atoms with Crippen molar-refractivity contribution >= 4 is 15.8 Å². The summed E-state index contributed by atoms with van der Waals surface area (Å²) in [5, 5.41) is 18.5. The average molecular weight is 499 g/mol. The van der Waals surface area contributed by atoms with Crippen LogP contribution in [0.3, 0.4) is 0 Å². The highest BCUT2D eigenvalue weighted by Gasteiger charge is 2.23. The molecule has 0 fully saturated rings. The molecule has 1 atom stereocenters. The van der Waals surface area contributed by atoms with E-state index in [0.29, 0.717) is 11.1 Å². The highest BCUT2D eigenvalue weighted by atomic mass is 32.2. The minimum Gasteiger partial charge on any atom is -0.362 e. The van der Waals surface area contributed by atoms with Gasteiger partial charge in [-0.1, -0.05) is 18.2 Å². The maximum absolute atomic E-state index is 13.3. The number of nitrogens with zero attached hydrogens (tertiary/aromatic N) is 5. The molecule has 180 valence electrons. The Bertz CT molecular complexity index is 1580. The molecule has 2 aromatic heterocycles. The van der Waals surface area contributed by atoms with Crippen LogP contribution in [0.15, 0.2) is 78.2 Å². The van der Waals surface area contributed by atoms with E-state index in [1.54, 1.807) is 61.1 Å². The SMILES string of the molecule is Cc1ccnc(NS(=O)(=O)c2cc(C#N)ccc2COC(c2ccc(C#N)cc2)c2cncn2C)c1. The van der Waals surface area contributed by atoms with E-state index in [9.17, 15) is 13.7 Å².